The van der Waals surface area contributed by atoms with Crippen LogP contribution in [-0.4, -0.2) is 14.6 Å². The quantitative estimate of drug-likeness (QED) is 0.505. The van der Waals surface area contributed by atoms with Crippen molar-refractivity contribution in [3.8, 4) is 11.9 Å². The van der Waals surface area contributed by atoms with Crippen molar-refractivity contribution in [1.82, 2.24) is 4.57 Å². The first-order valence-electron chi connectivity index (χ1n) is 7.43. The number of azo groups is 1. The maximum absolute atomic E-state index is 12.5. The van der Waals surface area contributed by atoms with E-state index in [2.05, 4.69) is 10.2 Å². The highest BCUT2D eigenvalue weighted by Gasteiger charge is 2.18. The topological polar surface area (TPSA) is 134 Å². The molecular weight excluding hydrogens is 326 g/mol. The number of nitro benzene ring substituents is 1. The number of rotatable bonds is 5. The number of nitriles is 1. The fraction of sp³-hybridized carbons (Fsp3) is 0.250. The molecule has 1 aromatic carbocycles. The minimum absolute atomic E-state index is 0.0364. The number of nitrogens with zero attached hydrogens (tertiary/aromatic N) is 5. The Kier molecular flexibility index (Phi) is 5.24. The van der Waals surface area contributed by atoms with Gasteiger partial charge in [0.25, 0.3) is 11.2 Å². The maximum atomic E-state index is 12.5. The molecule has 128 valence electrons. The molecule has 25 heavy (non-hydrogen) atoms. The number of non-ortho nitro benzene ring substituents is 1. The van der Waals surface area contributed by atoms with Gasteiger partial charge in [-0.2, -0.15) is 10.4 Å². The Balaban J connectivity index is 2.52. The molecule has 0 fully saturated rings. The van der Waals surface area contributed by atoms with Crippen LogP contribution in [0.15, 0.2) is 39.3 Å². The van der Waals surface area contributed by atoms with Gasteiger partial charge in [-0.05, 0) is 25.5 Å². The minimum atomic E-state index is -0.554. The van der Waals surface area contributed by atoms with Gasteiger partial charge in [0.2, 0.25) is 5.88 Å². The standard InChI is InChI=1S/C16H15N5O4/c1-3-8-20-15(22)13(9-17)10(2)14(16(20)23)19-18-11-4-6-12(7-5-11)21(24)25/h4-7,22H,3,8H2,1-2H3. The molecule has 0 amide bonds. The molecule has 0 aliphatic rings. The summed E-state index contributed by atoms with van der Waals surface area (Å²) < 4.78 is 1.08. The second-order valence-electron chi connectivity index (χ2n) is 5.21. The third-order valence-electron chi connectivity index (χ3n) is 3.54. The number of hydrogen-bond donors (Lipinski definition) is 1. The number of aromatic nitrogens is 1. The van der Waals surface area contributed by atoms with E-state index in [1.807, 2.05) is 13.0 Å². The highest BCUT2D eigenvalue weighted by atomic mass is 16.6. The smallest absolute Gasteiger partial charge is 0.281 e. The van der Waals surface area contributed by atoms with Crippen LogP contribution < -0.4 is 5.56 Å². The second kappa shape index (κ2) is 7.35. The van der Waals surface area contributed by atoms with Crippen LogP contribution in [0.2, 0.25) is 0 Å². The minimum Gasteiger partial charge on any atom is -0.493 e. The van der Waals surface area contributed by atoms with Gasteiger partial charge < -0.3 is 5.11 Å². The molecule has 9 heteroatoms. The van der Waals surface area contributed by atoms with Crippen molar-refractivity contribution in [2.75, 3.05) is 0 Å². The van der Waals surface area contributed by atoms with E-state index >= 15 is 0 Å². The number of benzene rings is 1. The number of nitro groups is 1. The van der Waals surface area contributed by atoms with Crippen LogP contribution in [-0.2, 0) is 6.54 Å². The fourth-order valence-corrected chi connectivity index (χ4v) is 2.24. The average molecular weight is 341 g/mol. The SMILES string of the molecule is CCCn1c(O)c(C#N)c(C)c(N=Nc2ccc([N+](=O)[O-])cc2)c1=O. The first-order chi connectivity index (χ1) is 11.9. The van der Waals surface area contributed by atoms with Gasteiger partial charge in [0.15, 0.2) is 5.69 Å². The largest absolute Gasteiger partial charge is 0.493 e. The van der Waals surface area contributed by atoms with E-state index in [9.17, 15) is 25.3 Å². The maximum Gasteiger partial charge on any atom is 0.281 e. The molecule has 2 aromatic rings. The molecule has 0 aliphatic carbocycles. The van der Waals surface area contributed by atoms with Gasteiger partial charge in [-0.1, -0.05) is 6.92 Å². The van der Waals surface area contributed by atoms with E-state index in [-0.39, 0.29) is 34.9 Å². The zero-order chi connectivity index (χ0) is 18.6. The van der Waals surface area contributed by atoms with E-state index in [0.29, 0.717) is 12.1 Å². The van der Waals surface area contributed by atoms with Crippen LogP contribution in [0.5, 0.6) is 5.88 Å². The Morgan fingerprint density at radius 2 is 1.96 bits per heavy atom. The molecular formula is C16H15N5O4. The Labute approximate surface area is 142 Å². The zero-order valence-corrected chi connectivity index (χ0v) is 13.6. The zero-order valence-electron chi connectivity index (χ0n) is 13.6. The monoisotopic (exact) mass is 341 g/mol. The van der Waals surface area contributed by atoms with Crippen molar-refractivity contribution in [3.63, 3.8) is 0 Å². The van der Waals surface area contributed by atoms with E-state index < -0.39 is 10.5 Å². The van der Waals surface area contributed by atoms with Crippen molar-refractivity contribution in [2.24, 2.45) is 10.2 Å². The third-order valence-corrected chi connectivity index (χ3v) is 3.54. The summed E-state index contributed by atoms with van der Waals surface area (Å²) in [5.41, 5.74) is -0.189. The van der Waals surface area contributed by atoms with E-state index in [1.165, 1.54) is 31.2 Å². The first kappa shape index (κ1) is 17.8. The lowest BCUT2D eigenvalue weighted by molar-refractivity contribution is -0.384. The predicted molar refractivity (Wildman–Crippen MR) is 89.4 cm³/mol. The van der Waals surface area contributed by atoms with Gasteiger partial charge in [0.1, 0.15) is 11.6 Å². The Morgan fingerprint density at radius 1 is 1.32 bits per heavy atom. The molecule has 0 atom stereocenters. The van der Waals surface area contributed by atoms with Crippen LogP contribution >= 0.6 is 0 Å². The first-order valence-corrected chi connectivity index (χ1v) is 7.43. The van der Waals surface area contributed by atoms with Crippen LogP contribution in [0, 0.1) is 28.4 Å². The lowest BCUT2D eigenvalue weighted by atomic mass is 10.1. The van der Waals surface area contributed by atoms with Crippen LogP contribution in [0.3, 0.4) is 0 Å². The summed E-state index contributed by atoms with van der Waals surface area (Å²) in [6.45, 7) is 3.57. The average Bonchev–Trinajstić information content (AvgIpc) is 2.59. The highest BCUT2D eigenvalue weighted by molar-refractivity contribution is 5.56. The summed E-state index contributed by atoms with van der Waals surface area (Å²) in [5, 5.41) is 37.7. The molecule has 0 bridgehead atoms. The number of aromatic hydroxyl groups is 1. The molecule has 9 nitrogen and oxygen atoms in total. The number of pyridine rings is 1. The van der Waals surface area contributed by atoms with Crippen LogP contribution in [0.4, 0.5) is 17.1 Å². The van der Waals surface area contributed by atoms with Crippen LogP contribution in [0.1, 0.15) is 24.5 Å². The molecule has 2 rings (SSSR count). The van der Waals surface area contributed by atoms with Gasteiger partial charge in [0.05, 0.1) is 10.6 Å². The summed E-state index contributed by atoms with van der Waals surface area (Å²) in [4.78, 5) is 22.6. The molecule has 0 aliphatic heterocycles. The van der Waals surface area contributed by atoms with Crippen LogP contribution in [0.25, 0.3) is 0 Å². The predicted octanol–water partition coefficient (Wildman–Crippen LogP) is 3.47. The molecule has 1 heterocycles. The summed E-state index contributed by atoms with van der Waals surface area (Å²) in [6, 6.07) is 7.20. The fourth-order valence-electron chi connectivity index (χ4n) is 2.24. The molecule has 0 radical (unpaired) electrons. The Morgan fingerprint density at radius 3 is 2.48 bits per heavy atom. The van der Waals surface area contributed by atoms with Gasteiger partial charge in [-0.15, -0.1) is 5.11 Å². The highest BCUT2D eigenvalue weighted by Crippen LogP contribution is 2.27. The van der Waals surface area contributed by atoms with Gasteiger partial charge in [-0.3, -0.25) is 19.5 Å². The molecule has 0 unspecified atom stereocenters. The molecule has 1 aromatic heterocycles. The lowest BCUT2D eigenvalue weighted by Gasteiger charge is -2.11. The van der Waals surface area contributed by atoms with Gasteiger partial charge >= 0.3 is 0 Å². The van der Waals surface area contributed by atoms with E-state index in [0.717, 1.165) is 4.57 Å². The molecule has 0 spiro atoms. The summed E-state index contributed by atoms with van der Waals surface area (Å²) in [6.07, 6.45) is 0.584. The van der Waals surface area contributed by atoms with E-state index in [4.69, 9.17) is 0 Å². The second-order valence-corrected chi connectivity index (χ2v) is 5.21. The molecule has 1 N–H and O–H groups in total. The van der Waals surface area contributed by atoms with Gasteiger partial charge in [-0.25, -0.2) is 0 Å². The van der Waals surface area contributed by atoms with Crippen molar-refractivity contribution in [3.05, 3.63) is 55.9 Å². The van der Waals surface area contributed by atoms with E-state index in [1.54, 1.807) is 0 Å². The Hall–Kier alpha value is -3.54. The normalized spacial score (nSPS) is 10.8. The number of hydrogen-bond acceptors (Lipinski definition) is 7. The summed E-state index contributed by atoms with van der Waals surface area (Å²) >= 11 is 0. The van der Waals surface area contributed by atoms with Gasteiger partial charge in [0, 0.05) is 24.2 Å². The summed E-state index contributed by atoms with van der Waals surface area (Å²) in [7, 11) is 0. The van der Waals surface area contributed by atoms with Crippen molar-refractivity contribution < 1.29 is 10.0 Å². The van der Waals surface area contributed by atoms with Crippen molar-refractivity contribution in [2.45, 2.75) is 26.8 Å². The third kappa shape index (κ3) is 3.53. The molecule has 0 saturated carbocycles. The Bertz CT molecular complexity index is 939. The van der Waals surface area contributed by atoms with Crippen molar-refractivity contribution in [1.29, 1.82) is 5.26 Å². The van der Waals surface area contributed by atoms with Crippen molar-refractivity contribution >= 4 is 17.1 Å². The lowest BCUT2D eigenvalue weighted by Crippen LogP contribution is -2.21. The molecule has 0 saturated heterocycles. The summed E-state index contributed by atoms with van der Waals surface area (Å²) in [5.74, 6) is -0.388.